The van der Waals surface area contributed by atoms with Crippen molar-refractivity contribution < 1.29 is 14.2 Å². The van der Waals surface area contributed by atoms with Crippen LogP contribution in [0.25, 0.3) is 0 Å². The fraction of sp³-hybridized carbons (Fsp3) is 0.538. The second-order valence-corrected chi connectivity index (χ2v) is 4.58. The highest BCUT2D eigenvalue weighted by Crippen LogP contribution is 2.35. The third-order valence-corrected chi connectivity index (χ3v) is 2.82. The van der Waals surface area contributed by atoms with Gasteiger partial charge in [0.05, 0.1) is 21.3 Å². The molecule has 1 unspecified atom stereocenters. The van der Waals surface area contributed by atoms with E-state index < -0.39 is 0 Å². The van der Waals surface area contributed by atoms with Gasteiger partial charge in [-0.2, -0.15) is 0 Å². The Labute approximate surface area is 108 Å². The summed E-state index contributed by atoms with van der Waals surface area (Å²) < 4.78 is 15.8. The van der Waals surface area contributed by atoms with Gasteiger partial charge in [-0.1, -0.05) is 0 Å². The van der Waals surface area contributed by atoms with Crippen LogP contribution in [0.1, 0.15) is 18.9 Å². The van der Waals surface area contributed by atoms with Crippen molar-refractivity contribution in [3.63, 3.8) is 0 Å². The Balaban J connectivity index is 3.01. The lowest BCUT2D eigenvalue weighted by Gasteiger charge is -2.14. The number of benzene rings is 1. The van der Waals surface area contributed by atoms with Gasteiger partial charge in [0, 0.05) is 11.4 Å². The molecule has 0 saturated carbocycles. The van der Waals surface area contributed by atoms with Gasteiger partial charge in [0.15, 0.2) is 11.5 Å². The summed E-state index contributed by atoms with van der Waals surface area (Å²) in [6.07, 6.45) is 1.75. The first-order valence-corrected chi connectivity index (χ1v) is 5.99. The van der Waals surface area contributed by atoms with Crippen LogP contribution in [-0.4, -0.2) is 26.7 Å². The highest BCUT2D eigenvalue weighted by atomic mass is 35.5. The van der Waals surface area contributed by atoms with Crippen LogP contribution >= 0.6 is 11.6 Å². The summed E-state index contributed by atoms with van der Waals surface area (Å²) in [6.45, 7) is 1.98. The topological polar surface area (TPSA) is 27.7 Å². The summed E-state index contributed by atoms with van der Waals surface area (Å²) in [5.41, 5.74) is 1.08. The molecule has 0 bridgehead atoms. The van der Waals surface area contributed by atoms with Gasteiger partial charge in [0.1, 0.15) is 5.75 Å². The lowest BCUT2D eigenvalue weighted by Crippen LogP contribution is -2.00. The molecule has 0 spiro atoms. The molecular formula is C13H19ClO3. The minimum absolute atomic E-state index is 0.146. The number of alkyl halides is 1. The monoisotopic (exact) mass is 258 g/mol. The number of hydrogen-bond donors (Lipinski definition) is 0. The predicted octanol–water partition coefficient (Wildman–Crippen LogP) is 3.27. The van der Waals surface area contributed by atoms with Crippen LogP contribution in [0.2, 0.25) is 0 Å². The predicted molar refractivity (Wildman–Crippen MR) is 69.7 cm³/mol. The van der Waals surface area contributed by atoms with Crippen molar-refractivity contribution in [3.8, 4) is 17.2 Å². The molecule has 0 aliphatic carbocycles. The first-order valence-electron chi connectivity index (χ1n) is 5.55. The standard InChI is InChI=1S/C13H19ClO3/c1-9(14)5-6-10-7-12(16-3)13(17-4)8-11(10)15-2/h7-9H,5-6H2,1-4H3. The van der Waals surface area contributed by atoms with Crippen molar-refractivity contribution >= 4 is 11.6 Å². The molecule has 0 N–H and O–H groups in total. The van der Waals surface area contributed by atoms with Crippen LogP contribution < -0.4 is 14.2 Å². The molecule has 0 fully saturated rings. The van der Waals surface area contributed by atoms with E-state index in [1.54, 1.807) is 21.3 Å². The quantitative estimate of drug-likeness (QED) is 0.733. The molecule has 1 aromatic rings. The minimum Gasteiger partial charge on any atom is -0.496 e. The van der Waals surface area contributed by atoms with E-state index in [0.717, 1.165) is 24.2 Å². The van der Waals surface area contributed by atoms with Gasteiger partial charge in [0.2, 0.25) is 0 Å². The van der Waals surface area contributed by atoms with Crippen molar-refractivity contribution in [2.24, 2.45) is 0 Å². The van der Waals surface area contributed by atoms with Crippen molar-refractivity contribution in [2.75, 3.05) is 21.3 Å². The molecule has 0 heterocycles. The average Bonchev–Trinajstić information content (AvgIpc) is 2.34. The number of halogens is 1. The third-order valence-electron chi connectivity index (χ3n) is 2.60. The van der Waals surface area contributed by atoms with E-state index in [2.05, 4.69) is 0 Å². The Bertz CT molecular complexity index is 364. The number of rotatable bonds is 6. The fourth-order valence-electron chi connectivity index (χ4n) is 1.64. The molecule has 3 nitrogen and oxygen atoms in total. The molecule has 4 heteroatoms. The highest BCUT2D eigenvalue weighted by Gasteiger charge is 2.12. The van der Waals surface area contributed by atoms with Gasteiger partial charge in [-0.3, -0.25) is 0 Å². The van der Waals surface area contributed by atoms with E-state index >= 15 is 0 Å². The van der Waals surface area contributed by atoms with Crippen LogP contribution in [0.5, 0.6) is 17.2 Å². The lowest BCUT2D eigenvalue weighted by molar-refractivity contribution is 0.347. The first-order chi connectivity index (χ1) is 8.12. The van der Waals surface area contributed by atoms with E-state index in [1.165, 1.54) is 0 Å². The summed E-state index contributed by atoms with van der Waals surface area (Å²) in [6, 6.07) is 3.78. The van der Waals surface area contributed by atoms with Crippen molar-refractivity contribution in [1.29, 1.82) is 0 Å². The number of hydrogen-bond acceptors (Lipinski definition) is 3. The lowest BCUT2D eigenvalue weighted by atomic mass is 10.1. The highest BCUT2D eigenvalue weighted by molar-refractivity contribution is 6.20. The van der Waals surface area contributed by atoms with Gasteiger partial charge in [0.25, 0.3) is 0 Å². The van der Waals surface area contributed by atoms with Crippen molar-refractivity contribution in [2.45, 2.75) is 25.1 Å². The first kappa shape index (κ1) is 14.0. The van der Waals surface area contributed by atoms with Gasteiger partial charge < -0.3 is 14.2 Å². The van der Waals surface area contributed by atoms with E-state index in [0.29, 0.717) is 11.5 Å². The Morgan fingerprint density at radius 2 is 1.53 bits per heavy atom. The third kappa shape index (κ3) is 3.70. The van der Waals surface area contributed by atoms with Gasteiger partial charge in [-0.05, 0) is 31.4 Å². The molecule has 0 aliphatic rings. The van der Waals surface area contributed by atoms with Crippen LogP contribution in [0.4, 0.5) is 0 Å². The van der Waals surface area contributed by atoms with E-state index in [9.17, 15) is 0 Å². The summed E-state index contributed by atoms with van der Waals surface area (Å²) in [5, 5.41) is 0.146. The largest absolute Gasteiger partial charge is 0.496 e. The SMILES string of the molecule is COc1cc(OC)c(OC)cc1CCC(C)Cl. The molecule has 0 aliphatic heterocycles. The molecule has 0 amide bonds. The Kier molecular flexibility index (Phi) is 5.42. The van der Waals surface area contributed by atoms with Gasteiger partial charge in [-0.25, -0.2) is 0 Å². The molecule has 1 rings (SSSR count). The maximum Gasteiger partial charge on any atom is 0.164 e. The van der Waals surface area contributed by atoms with E-state index in [-0.39, 0.29) is 5.38 Å². The van der Waals surface area contributed by atoms with Crippen LogP contribution in [0, 0.1) is 0 Å². The summed E-state index contributed by atoms with van der Waals surface area (Å²) in [7, 11) is 4.88. The van der Waals surface area contributed by atoms with E-state index in [4.69, 9.17) is 25.8 Å². The second kappa shape index (κ2) is 6.60. The zero-order chi connectivity index (χ0) is 12.8. The van der Waals surface area contributed by atoms with Crippen LogP contribution in [-0.2, 0) is 6.42 Å². The normalized spacial score (nSPS) is 12.1. The number of aryl methyl sites for hydroxylation is 1. The van der Waals surface area contributed by atoms with E-state index in [1.807, 2.05) is 19.1 Å². The smallest absolute Gasteiger partial charge is 0.164 e. The molecule has 96 valence electrons. The van der Waals surface area contributed by atoms with Crippen LogP contribution in [0.15, 0.2) is 12.1 Å². The molecule has 0 radical (unpaired) electrons. The zero-order valence-corrected chi connectivity index (χ0v) is 11.5. The summed E-state index contributed by atoms with van der Waals surface area (Å²) >= 11 is 5.96. The van der Waals surface area contributed by atoms with Gasteiger partial charge >= 0.3 is 0 Å². The molecule has 1 atom stereocenters. The number of methoxy groups -OCH3 is 3. The van der Waals surface area contributed by atoms with Crippen LogP contribution in [0.3, 0.4) is 0 Å². The minimum atomic E-state index is 0.146. The fourth-order valence-corrected chi connectivity index (χ4v) is 1.75. The maximum atomic E-state index is 5.96. The second-order valence-electron chi connectivity index (χ2n) is 3.84. The average molecular weight is 259 g/mol. The molecule has 1 aromatic carbocycles. The summed E-state index contributed by atoms with van der Waals surface area (Å²) in [4.78, 5) is 0. The number of ether oxygens (including phenoxy) is 3. The summed E-state index contributed by atoms with van der Waals surface area (Å²) in [5.74, 6) is 2.19. The molecule has 0 saturated heterocycles. The van der Waals surface area contributed by atoms with Crippen molar-refractivity contribution in [3.05, 3.63) is 17.7 Å². The maximum absolute atomic E-state index is 5.96. The molecule has 0 aromatic heterocycles. The van der Waals surface area contributed by atoms with Crippen molar-refractivity contribution in [1.82, 2.24) is 0 Å². The Hall–Kier alpha value is -1.09. The molecule has 17 heavy (non-hydrogen) atoms. The van der Waals surface area contributed by atoms with Gasteiger partial charge in [-0.15, -0.1) is 11.6 Å². The molecular weight excluding hydrogens is 240 g/mol. The Morgan fingerprint density at radius 3 is 2.00 bits per heavy atom. The Morgan fingerprint density at radius 1 is 1.00 bits per heavy atom. The zero-order valence-electron chi connectivity index (χ0n) is 10.7.